The van der Waals surface area contributed by atoms with Gasteiger partial charge in [0.25, 0.3) is 0 Å². The van der Waals surface area contributed by atoms with E-state index in [-0.39, 0.29) is 18.0 Å². The molecule has 2 aliphatic rings. The molecule has 0 spiro atoms. The van der Waals surface area contributed by atoms with E-state index in [9.17, 15) is 9.59 Å². The number of hydrogen-bond donors (Lipinski definition) is 0. The van der Waals surface area contributed by atoms with Crippen LogP contribution in [0.15, 0.2) is 0 Å². The molecule has 2 amide bonds. The summed E-state index contributed by atoms with van der Waals surface area (Å²) in [6, 6.07) is -0.381. The third kappa shape index (κ3) is 4.26. The first-order valence-electron chi connectivity index (χ1n) is 7.32. The second-order valence-electron chi connectivity index (χ2n) is 6.59. The van der Waals surface area contributed by atoms with Gasteiger partial charge in [0.15, 0.2) is 0 Å². The van der Waals surface area contributed by atoms with Crippen molar-refractivity contribution < 1.29 is 14.3 Å². The number of carbonyl (C=O) groups is 2. The monoisotopic (exact) mass is 315 g/mol. The Labute approximate surface area is 130 Å². The Morgan fingerprint density at radius 3 is 2.33 bits per heavy atom. The number of amides is 2. The normalized spacial score (nSPS) is 24.3. The molecule has 0 bridgehead atoms. The van der Waals surface area contributed by atoms with Crippen molar-refractivity contribution in [3.8, 4) is 0 Å². The molecule has 0 aromatic heterocycles. The molecule has 1 atom stereocenters. The van der Waals surface area contributed by atoms with Crippen LogP contribution < -0.4 is 0 Å². The first-order chi connectivity index (χ1) is 9.78. The number of ether oxygens (including phenoxy) is 1. The molecule has 7 heteroatoms. The number of piperazine rings is 1. The standard InChI is InChI=1S/C14H25N3O3S/c1-14(2,3)20-13(19)17-10-21-9-11(17)12(18)16-7-5-15(4)6-8-16/h11H,5-10H2,1-4H3. The Morgan fingerprint density at radius 2 is 1.76 bits per heavy atom. The van der Waals surface area contributed by atoms with E-state index in [0.717, 1.165) is 26.2 Å². The topological polar surface area (TPSA) is 53.1 Å². The van der Waals surface area contributed by atoms with Gasteiger partial charge in [0, 0.05) is 31.9 Å². The van der Waals surface area contributed by atoms with Crippen LogP contribution in [0.25, 0.3) is 0 Å². The molecule has 120 valence electrons. The van der Waals surface area contributed by atoms with Crippen LogP contribution >= 0.6 is 11.8 Å². The number of hydrogen-bond acceptors (Lipinski definition) is 5. The lowest BCUT2D eigenvalue weighted by molar-refractivity contribution is -0.137. The summed E-state index contributed by atoms with van der Waals surface area (Å²) < 4.78 is 5.40. The molecule has 0 N–H and O–H groups in total. The lowest BCUT2D eigenvalue weighted by Crippen LogP contribution is -2.54. The number of rotatable bonds is 1. The molecule has 2 rings (SSSR count). The van der Waals surface area contributed by atoms with Gasteiger partial charge in [0.1, 0.15) is 11.6 Å². The second kappa shape index (κ2) is 6.44. The van der Waals surface area contributed by atoms with Crippen LogP contribution in [0.5, 0.6) is 0 Å². The molecule has 2 fully saturated rings. The van der Waals surface area contributed by atoms with Crippen LogP contribution in [0.1, 0.15) is 20.8 Å². The van der Waals surface area contributed by atoms with Gasteiger partial charge < -0.3 is 14.5 Å². The molecule has 0 saturated carbocycles. The first kappa shape index (κ1) is 16.4. The zero-order valence-electron chi connectivity index (χ0n) is 13.3. The summed E-state index contributed by atoms with van der Waals surface area (Å²) in [5.41, 5.74) is -0.536. The molecule has 0 aliphatic carbocycles. The predicted molar refractivity (Wildman–Crippen MR) is 83.3 cm³/mol. The van der Waals surface area contributed by atoms with Crippen molar-refractivity contribution in [1.29, 1.82) is 0 Å². The highest BCUT2D eigenvalue weighted by Gasteiger charge is 2.39. The summed E-state index contributed by atoms with van der Waals surface area (Å²) in [6.07, 6.45) is -0.389. The molecule has 0 radical (unpaired) electrons. The van der Waals surface area contributed by atoms with E-state index in [0.29, 0.717) is 11.6 Å². The Morgan fingerprint density at radius 1 is 1.14 bits per heavy atom. The van der Waals surface area contributed by atoms with Crippen molar-refractivity contribution in [2.24, 2.45) is 0 Å². The molecule has 2 saturated heterocycles. The zero-order valence-corrected chi connectivity index (χ0v) is 14.1. The summed E-state index contributed by atoms with van der Waals surface area (Å²) in [5.74, 6) is 1.24. The van der Waals surface area contributed by atoms with Crippen molar-refractivity contribution in [3.63, 3.8) is 0 Å². The summed E-state index contributed by atoms with van der Waals surface area (Å²) in [6.45, 7) is 8.76. The van der Waals surface area contributed by atoms with Crippen molar-refractivity contribution in [2.75, 3.05) is 44.9 Å². The highest BCUT2D eigenvalue weighted by atomic mass is 32.2. The Kier molecular flexibility index (Phi) is 5.03. The maximum absolute atomic E-state index is 12.6. The van der Waals surface area contributed by atoms with Crippen LogP contribution in [0.4, 0.5) is 4.79 Å². The molecule has 1 unspecified atom stereocenters. The van der Waals surface area contributed by atoms with Gasteiger partial charge in [0.05, 0.1) is 5.88 Å². The fraction of sp³-hybridized carbons (Fsp3) is 0.857. The maximum atomic E-state index is 12.6. The van der Waals surface area contributed by atoms with Crippen LogP contribution in [0.2, 0.25) is 0 Å². The number of thioether (sulfide) groups is 1. The van der Waals surface area contributed by atoms with Gasteiger partial charge in [0.2, 0.25) is 5.91 Å². The lowest BCUT2D eigenvalue weighted by atomic mass is 10.2. The van der Waals surface area contributed by atoms with Crippen molar-refractivity contribution in [1.82, 2.24) is 14.7 Å². The number of likely N-dealkylation sites (N-methyl/N-ethyl adjacent to an activating group) is 1. The molecule has 0 aromatic rings. The molecule has 2 heterocycles. The van der Waals surface area contributed by atoms with Crippen LogP contribution in [0, 0.1) is 0 Å². The van der Waals surface area contributed by atoms with E-state index >= 15 is 0 Å². The number of carbonyl (C=O) groups excluding carboxylic acids is 2. The summed E-state index contributed by atoms with van der Waals surface area (Å²) in [4.78, 5) is 30.5. The van der Waals surface area contributed by atoms with E-state index in [4.69, 9.17) is 4.74 Å². The average Bonchev–Trinajstić information content (AvgIpc) is 2.86. The maximum Gasteiger partial charge on any atom is 0.411 e. The van der Waals surface area contributed by atoms with Crippen LogP contribution in [0.3, 0.4) is 0 Å². The van der Waals surface area contributed by atoms with E-state index in [1.165, 1.54) is 0 Å². The Bertz CT molecular complexity index is 403. The summed E-state index contributed by atoms with van der Waals surface area (Å²) in [5, 5.41) is 0. The van der Waals surface area contributed by atoms with Gasteiger partial charge in [-0.1, -0.05) is 0 Å². The lowest BCUT2D eigenvalue weighted by Gasteiger charge is -2.35. The highest BCUT2D eigenvalue weighted by Crippen LogP contribution is 2.25. The van der Waals surface area contributed by atoms with Crippen molar-refractivity contribution in [2.45, 2.75) is 32.4 Å². The van der Waals surface area contributed by atoms with E-state index in [2.05, 4.69) is 11.9 Å². The largest absolute Gasteiger partial charge is 0.444 e. The van der Waals surface area contributed by atoms with E-state index < -0.39 is 5.60 Å². The van der Waals surface area contributed by atoms with Gasteiger partial charge in [-0.3, -0.25) is 9.69 Å². The third-order valence-corrected chi connectivity index (χ3v) is 4.62. The summed E-state index contributed by atoms with van der Waals surface area (Å²) >= 11 is 1.60. The SMILES string of the molecule is CN1CCN(C(=O)C2CSCN2C(=O)OC(C)(C)C)CC1. The third-order valence-electron chi connectivity index (χ3n) is 3.61. The summed E-state index contributed by atoms with van der Waals surface area (Å²) in [7, 11) is 2.06. The molecule has 0 aromatic carbocycles. The Hall–Kier alpha value is -0.950. The molecular weight excluding hydrogens is 290 g/mol. The minimum absolute atomic E-state index is 0.0546. The number of nitrogens with zero attached hydrogens (tertiary/aromatic N) is 3. The molecule has 21 heavy (non-hydrogen) atoms. The van der Waals surface area contributed by atoms with Crippen LogP contribution in [-0.4, -0.2) is 83.2 Å². The van der Waals surface area contributed by atoms with Crippen LogP contribution in [-0.2, 0) is 9.53 Å². The first-order valence-corrected chi connectivity index (χ1v) is 8.48. The van der Waals surface area contributed by atoms with Gasteiger partial charge in [-0.2, -0.15) is 0 Å². The molecule has 6 nitrogen and oxygen atoms in total. The average molecular weight is 315 g/mol. The minimum Gasteiger partial charge on any atom is -0.444 e. The van der Waals surface area contributed by atoms with Gasteiger partial charge in [-0.25, -0.2) is 4.79 Å². The Balaban J connectivity index is 1.98. The fourth-order valence-electron chi connectivity index (χ4n) is 2.39. The molecule has 2 aliphatic heterocycles. The second-order valence-corrected chi connectivity index (χ2v) is 7.59. The zero-order chi connectivity index (χ0) is 15.6. The predicted octanol–water partition coefficient (Wildman–Crippen LogP) is 1.07. The van der Waals surface area contributed by atoms with Gasteiger partial charge >= 0.3 is 6.09 Å². The minimum atomic E-state index is -0.536. The highest BCUT2D eigenvalue weighted by molar-refractivity contribution is 7.99. The molecular formula is C14H25N3O3S. The van der Waals surface area contributed by atoms with E-state index in [1.54, 1.807) is 16.7 Å². The van der Waals surface area contributed by atoms with Crippen molar-refractivity contribution >= 4 is 23.8 Å². The van der Waals surface area contributed by atoms with Gasteiger partial charge in [-0.05, 0) is 27.8 Å². The smallest absolute Gasteiger partial charge is 0.411 e. The fourth-order valence-corrected chi connectivity index (χ4v) is 3.52. The quantitative estimate of drug-likeness (QED) is 0.724. The van der Waals surface area contributed by atoms with Crippen molar-refractivity contribution in [3.05, 3.63) is 0 Å². The van der Waals surface area contributed by atoms with E-state index in [1.807, 2.05) is 25.7 Å². The van der Waals surface area contributed by atoms with Gasteiger partial charge in [-0.15, -0.1) is 11.8 Å².